The molecule has 56 valence electrons. The molecule has 1 saturated carbocycles. The lowest BCUT2D eigenvalue weighted by Gasteiger charge is -2.03. The molecule has 0 aromatic heterocycles. The predicted octanol–water partition coefficient (Wildman–Crippen LogP) is -0.418. The fraction of sp³-hybridized carbons (Fsp3) is 0.667. The summed E-state index contributed by atoms with van der Waals surface area (Å²) in [5.74, 6) is -1.90. The first-order valence-corrected chi connectivity index (χ1v) is 3.05. The summed E-state index contributed by atoms with van der Waals surface area (Å²) in [6, 6.07) is 0. The highest BCUT2D eigenvalue weighted by atomic mass is 16.4. The lowest BCUT2D eigenvalue weighted by Crippen LogP contribution is -2.33. The molecule has 0 heterocycles. The number of carbonyl (C=O) groups excluding carboxylic acids is 1. The minimum Gasteiger partial charge on any atom is -0.480 e. The monoisotopic (exact) mass is 143 g/mol. The van der Waals surface area contributed by atoms with Crippen molar-refractivity contribution in [1.82, 2.24) is 0 Å². The van der Waals surface area contributed by atoms with E-state index in [0.29, 0.717) is 6.42 Å². The molecule has 4 nitrogen and oxygen atoms in total. The molecule has 0 aromatic rings. The number of carboxylic acids is 1. The van der Waals surface area contributed by atoms with Crippen molar-refractivity contribution in [3.8, 4) is 0 Å². The molecule has 2 unspecified atom stereocenters. The van der Waals surface area contributed by atoms with Crippen LogP contribution in [0.1, 0.15) is 13.3 Å². The zero-order chi connectivity index (χ0) is 7.94. The molecule has 4 heteroatoms. The van der Waals surface area contributed by atoms with Gasteiger partial charge in [0.05, 0.1) is 0 Å². The summed E-state index contributed by atoms with van der Waals surface area (Å²) in [7, 11) is 0. The zero-order valence-electron chi connectivity index (χ0n) is 5.63. The molecule has 0 spiro atoms. The van der Waals surface area contributed by atoms with E-state index in [9.17, 15) is 9.59 Å². The van der Waals surface area contributed by atoms with Gasteiger partial charge in [-0.05, 0) is 12.3 Å². The molecule has 0 aliphatic heterocycles. The number of hydrogen-bond donors (Lipinski definition) is 2. The topological polar surface area (TPSA) is 80.4 Å². The van der Waals surface area contributed by atoms with Crippen LogP contribution in [0.2, 0.25) is 0 Å². The van der Waals surface area contributed by atoms with Gasteiger partial charge in [-0.15, -0.1) is 0 Å². The minimum absolute atomic E-state index is 0.0949. The Morgan fingerprint density at radius 2 is 2.10 bits per heavy atom. The summed E-state index contributed by atoms with van der Waals surface area (Å²) in [4.78, 5) is 21.0. The molecule has 10 heavy (non-hydrogen) atoms. The third kappa shape index (κ3) is 0.616. The third-order valence-corrected chi connectivity index (χ3v) is 2.13. The van der Waals surface area contributed by atoms with Crippen LogP contribution in [0.5, 0.6) is 0 Å². The predicted molar refractivity (Wildman–Crippen MR) is 33.0 cm³/mol. The van der Waals surface area contributed by atoms with Gasteiger partial charge in [0.1, 0.15) is 5.41 Å². The van der Waals surface area contributed by atoms with Gasteiger partial charge in [-0.3, -0.25) is 9.59 Å². The Labute approximate surface area is 58.0 Å². The Morgan fingerprint density at radius 3 is 2.10 bits per heavy atom. The summed E-state index contributed by atoms with van der Waals surface area (Å²) in [6.45, 7) is 1.71. The normalized spacial score (nSPS) is 37.1. The molecular weight excluding hydrogens is 134 g/mol. The number of carboxylic acid groups (broad SMARTS) is 1. The average Bonchev–Trinajstić information content (AvgIpc) is 2.42. The van der Waals surface area contributed by atoms with E-state index in [4.69, 9.17) is 10.8 Å². The number of nitrogens with two attached hydrogens (primary N) is 1. The third-order valence-electron chi connectivity index (χ3n) is 2.13. The molecule has 2 atom stereocenters. The van der Waals surface area contributed by atoms with Gasteiger partial charge < -0.3 is 10.8 Å². The van der Waals surface area contributed by atoms with E-state index >= 15 is 0 Å². The van der Waals surface area contributed by atoms with Crippen LogP contribution >= 0.6 is 0 Å². The molecule has 0 bridgehead atoms. The van der Waals surface area contributed by atoms with Crippen LogP contribution in [0.3, 0.4) is 0 Å². The Balaban J connectivity index is 2.83. The fourth-order valence-corrected chi connectivity index (χ4v) is 1.17. The molecule has 1 aliphatic carbocycles. The maximum Gasteiger partial charge on any atom is 0.319 e. The van der Waals surface area contributed by atoms with Crippen LogP contribution in [-0.4, -0.2) is 17.0 Å². The number of hydrogen-bond acceptors (Lipinski definition) is 2. The maximum absolute atomic E-state index is 10.6. The van der Waals surface area contributed by atoms with Gasteiger partial charge in [-0.1, -0.05) is 6.92 Å². The smallest absolute Gasteiger partial charge is 0.319 e. The molecule has 3 N–H and O–H groups in total. The number of primary amides is 1. The number of aliphatic carboxylic acids is 1. The van der Waals surface area contributed by atoms with Crippen molar-refractivity contribution in [2.24, 2.45) is 17.1 Å². The fourth-order valence-electron chi connectivity index (χ4n) is 1.17. The summed E-state index contributed by atoms with van der Waals surface area (Å²) in [5.41, 5.74) is 3.67. The van der Waals surface area contributed by atoms with Crippen molar-refractivity contribution in [3.05, 3.63) is 0 Å². The van der Waals surface area contributed by atoms with Crippen molar-refractivity contribution < 1.29 is 14.7 Å². The van der Waals surface area contributed by atoms with Crippen LogP contribution in [0.4, 0.5) is 0 Å². The van der Waals surface area contributed by atoms with E-state index < -0.39 is 17.3 Å². The number of amides is 1. The largest absolute Gasteiger partial charge is 0.480 e. The van der Waals surface area contributed by atoms with Crippen LogP contribution in [0, 0.1) is 11.3 Å². The lowest BCUT2D eigenvalue weighted by atomic mass is 10.0. The van der Waals surface area contributed by atoms with Crippen LogP contribution in [-0.2, 0) is 9.59 Å². The zero-order valence-corrected chi connectivity index (χ0v) is 5.63. The van der Waals surface area contributed by atoms with Crippen molar-refractivity contribution >= 4 is 11.9 Å². The van der Waals surface area contributed by atoms with Crippen LogP contribution in [0.25, 0.3) is 0 Å². The Hall–Kier alpha value is -1.06. The average molecular weight is 143 g/mol. The van der Waals surface area contributed by atoms with E-state index in [1.165, 1.54) is 0 Å². The van der Waals surface area contributed by atoms with Gasteiger partial charge in [0.15, 0.2) is 0 Å². The Bertz CT molecular complexity index is 185. The quantitative estimate of drug-likeness (QED) is 0.515. The first kappa shape index (κ1) is 7.05. The van der Waals surface area contributed by atoms with Crippen molar-refractivity contribution in [2.45, 2.75) is 13.3 Å². The molecule has 1 rings (SSSR count). The van der Waals surface area contributed by atoms with Crippen molar-refractivity contribution in [3.63, 3.8) is 0 Å². The summed E-state index contributed by atoms with van der Waals surface area (Å²) in [5, 5.41) is 8.54. The molecule has 0 saturated heterocycles. The van der Waals surface area contributed by atoms with Gasteiger partial charge in [0, 0.05) is 0 Å². The van der Waals surface area contributed by atoms with E-state index in [1.807, 2.05) is 0 Å². The number of rotatable bonds is 2. The second-order valence-electron chi connectivity index (χ2n) is 2.75. The summed E-state index contributed by atoms with van der Waals surface area (Å²) in [6.07, 6.45) is 0.387. The molecule has 1 aliphatic rings. The first-order chi connectivity index (χ1) is 4.51. The summed E-state index contributed by atoms with van der Waals surface area (Å²) < 4.78 is 0. The molecular formula is C6H9NO3. The van der Waals surface area contributed by atoms with Gasteiger partial charge in [-0.2, -0.15) is 0 Å². The van der Waals surface area contributed by atoms with Crippen molar-refractivity contribution in [1.29, 1.82) is 0 Å². The van der Waals surface area contributed by atoms with Gasteiger partial charge in [0.2, 0.25) is 5.91 Å². The van der Waals surface area contributed by atoms with Gasteiger partial charge in [0.25, 0.3) is 0 Å². The van der Waals surface area contributed by atoms with E-state index in [1.54, 1.807) is 6.92 Å². The van der Waals surface area contributed by atoms with E-state index in [0.717, 1.165) is 0 Å². The second-order valence-corrected chi connectivity index (χ2v) is 2.75. The molecule has 1 fully saturated rings. The first-order valence-electron chi connectivity index (χ1n) is 3.05. The van der Waals surface area contributed by atoms with E-state index in [2.05, 4.69) is 0 Å². The lowest BCUT2D eigenvalue weighted by molar-refractivity contribution is -0.148. The highest BCUT2D eigenvalue weighted by Crippen LogP contribution is 2.52. The van der Waals surface area contributed by atoms with Crippen LogP contribution in [0.15, 0.2) is 0 Å². The standard InChI is InChI=1S/C6H9NO3/c1-3-2-6(3,4(7)8)5(9)10/h3H,2H2,1H3,(H2,7,8)(H,9,10). The highest BCUT2D eigenvalue weighted by Gasteiger charge is 2.62. The van der Waals surface area contributed by atoms with Crippen LogP contribution < -0.4 is 5.73 Å². The minimum atomic E-state index is -1.24. The van der Waals surface area contributed by atoms with Gasteiger partial charge >= 0.3 is 5.97 Å². The summed E-state index contributed by atoms with van der Waals surface area (Å²) >= 11 is 0. The maximum atomic E-state index is 10.6. The van der Waals surface area contributed by atoms with Crippen molar-refractivity contribution in [2.75, 3.05) is 0 Å². The highest BCUT2D eigenvalue weighted by molar-refractivity contribution is 6.04. The molecule has 0 aromatic carbocycles. The number of carbonyl (C=O) groups is 2. The molecule has 1 amide bonds. The van der Waals surface area contributed by atoms with Gasteiger partial charge in [-0.25, -0.2) is 0 Å². The second kappa shape index (κ2) is 1.71. The Kier molecular flexibility index (Phi) is 1.21. The molecule has 0 radical (unpaired) electrons. The van der Waals surface area contributed by atoms with E-state index in [-0.39, 0.29) is 5.92 Å². The SMILES string of the molecule is CC1CC1(C(N)=O)C(=O)O. The Morgan fingerprint density at radius 1 is 1.70 bits per heavy atom.